The van der Waals surface area contributed by atoms with Gasteiger partial charge in [-0.25, -0.2) is 0 Å². The van der Waals surface area contributed by atoms with Gasteiger partial charge in [0.15, 0.2) is 0 Å². The van der Waals surface area contributed by atoms with Crippen LogP contribution >= 0.6 is 0 Å². The molecule has 3 heteroatoms. The maximum absolute atomic E-state index is 12.9. The summed E-state index contributed by atoms with van der Waals surface area (Å²) in [6, 6.07) is 17.8. The van der Waals surface area contributed by atoms with Gasteiger partial charge in [0.05, 0.1) is 10.9 Å². The van der Waals surface area contributed by atoms with Crippen molar-refractivity contribution < 1.29 is 4.42 Å². The first kappa shape index (κ1) is 12.9. The molecule has 4 aromatic rings. The minimum atomic E-state index is -0.0237. The van der Waals surface area contributed by atoms with Crippen LogP contribution in [0, 0.1) is 6.92 Å². The van der Waals surface area contributed by atoms with E-state index in [4.69, 9.17) is 4.42 Å². The topological polar surface area (TPSA) is 35.1 Å². The summed E-state index contributed by atoms with van der Waals surface area (Å²) in [5, 5.41) is 1.62. The number of nitrogens with zero attached hydrogens (tertiary/aromatic N) is 1. The number of para-hydroxylation sites is 1. The molecule has 0 radical (unpaired) electrons. The highest BCUT2D eigenvalue weighted by Gasteiger charge is 2.19. The number of furan rings is 1. The van der Waals surface area contributed by atoms with E-state index in [1.165, 1.54) is 0 Å². The van der Waals surface area contributed by atoms with E-state index in [-0.39, 0.29) is 5.56 Å². The molecule has 0 unspecified atom stereocenters. The van der Waals surface area contributed by atoms with Crippen LogP contribution in [0.5, 0.6) is 0 Å². The fourth-order valence-corrected chi connectivity index (χ4v) is 3.13. The van der Waals surface area contributed by atoms with Crippen molar-refractivity contribution in [1.29, 1.82) is 0 Å². The third kappa shape index (κ3) is 1.65. The Kier molecular flexibility index (Phi) is 2.70. The van der Waals surface area contributed by atoms with Crippen LogP contribution in [0.2, 0.25) is 0 Å². The Morgan fingerprint density at radius 3 is 2.41 bits per heavy atom. The standard InChI is InChI=1S/C19H15NO2/c1-12-16(13-8-4-3-5-9-13)17-18(22-12)14-10-6-7-11-15(14)20(2)19(17)21/h3-11H,1-2H3. The second-order valence-electron chi connectivity index (χ2n) is 5.48. The average Bonchev–Trinajstić information content (AvgIpc) is 2.91. The Morgan fingerprint density at radius 1 is 0.955 bits per heavy atom. The fourth-order valence-electron chi connectivity index (χ4n) is 3.13. The van der Waals surface area contributed by atoms with Crippen molar-refractivity contribution in [1.82, 2.24) is 4.57 Å². The normalized spacial score (nSPS) is 11.4. The monoisotopic (exact) mass is 289 g/mol. The Balaban J connectivity index is 2.26. The molecule has 2 aromatic heterocycles. The lowest BCUT2D eigenvalue weighted by Crippen LogP contribution is -2.17. The summed E-state index contributed by atoms with van der Waals surface area (Å²) in [6.45, 7) is 1.91. The van der Waals surface area contributed by atoms with Gasteiger partial charge >= 0.3 is 0 Å². The van der Waals surface area contributed by atoms with E-state index >= 15 is 0 Å². The molecular formula is C19H15NO2. The number of aromatic nitrogens is 1. The van der Waals surface area contributed by atoms with Crippen LogP contribution in [-0.4, -0.2) is 4.57 Å². The Labute approximate surface area is 127 Å². The zero-order chi connectivity index (χ0) is 15.3. The number of aryl methyl sites for hydroxylation is 2. The van der Waals surface area contributed by atoms with Gasteiger partial charge in [0, 0.05) is 18.0 Å². The number of hydrogen-bond donors (Lipinski definition) is 0. The minimum Gasteiger partial charge on any atom is -0.460 e. The third-order valence-electron chi connectivity index (χ3n) is 4.18. The smallest absolute Gasteiger partial charge is 0.262 e. The van der Waals surface area contributed by atoms with Crippen LogP contribution in [0.15, 0.2) is 63.8 Å². The molecule has 2 heterocycles. The maximum Gasteiger partial charge on any atom is 0.262 e. The lowest BCUT2D eigenvalue weighted by molar-refractivity contribution is 0.582. The van der Waals surface area contributed by atoms with E-state index in [1.807, 2.05) is 61.5 Å². The second-order valence-corrected chi connectivity index (χ2v) is 5.48. The molecule has 0 saturated heterocycles. The van der Waals surface area contributed by atoms with Crippen LogP contribution in [0.4, 0.5) is 0 Å². The van der Waals surface area contributed by atoms with E-state index in [2.05, 4.69) is 0 Å². The van der Waals surface area contributed by atoms with Gasteiger partial charge < -0.3 is 8.98 Å². The van der Waals surface area contributed by atoms with Crippen molar-refractivity contribution >= 4 is 21.9 Å². The summed E-state index contributed by atoms with van der Waals surface area (Å²) >= 11 is 0. The molecule has 0 aliphatic heterocycles. The molecule has 0 saturated carbocycles. The van der Waals surface area contributed by atoms with Crippen LogP contribution in [0.25, 0.3) is 33.0 Å². The van der Waals surface area contributed by atoms with Gasteiger partial charge in [-0.05, 0) is 24.6 Å². The molecule has 2 aromatic carbocycles. The summed E-state index contributed by atoms with van der Waals surface area (Å²) in [5.41, 5.74) is 3.43. The van der Waals surface area contributed by atoms with Gasteiger partial charge in [0.2, 0.25) is 0 Å². The molecule has 108 valence electrons. The first-order chi connectivity index (χ1) is 10.7. The average molecular weight is 289 g/mol. The first-order valence-corrected chi connectivity index (χ1v) is 7.24. The summed E-state index contributed by atoms with van der Waals surface area (Å²) in [4.78, 5) is 12.9. The highest BCUT2D eigenvalue weighted by Crippen LogP contribution is 2.35. The summed E-state index contributed by atoms with van der Waals surface area (Å²) in [7, 11) is 1.81. The maximum atomic E-state index is 12.9. The van der Waals surface area contributed by atoms with E-state index in [0.717, 1.165) is 27.8 Å². The number of rotatable bonds is 1. The van der Waals surface area contributed by atoms with Crippen LogP contribution in [0.3, 0.4) is 0 Å². The quantitative estimate of drug-likeness (QED) is 0.525. The molecule has 0 bridgehead atoms. The zero-order valence-corrected chi connectivity index (χ0v) is 12.5. The second kappa shape index (κ2) is 4.60. The lowest BCUT2D eigenvalue weighted by Gasteiger charge is -2.06. The molecule has 0 aliphatic rings. The van der Waals surface area contributed by atoms with Gasteiger partial charge in [-0.15, -0.1) is 0 Å². The number of hydrogen-bond acceptors (Lipinski definition) is 2. The van der Waals surface area contributed by atoms with Crippen molar-refractivity contribution in [2.24, 2.45) is 7.05 Å². The zero-order valence-electron chi connectivity index (χ0n) is 12.5. The van der Waals surface area contributed by atoms with Gasteiger partial charge in [-0.1, -0.05) is 42.5 Å². The fraction of sp³-hybridized carbons (Fsp3) is 0.105. The number of pyridine rings is 1. The highest BCUT2D eigenvalue weighted by molar-refractivity contribution is 6.08. The molecule has 0 N–H and O–H groups in total. The van der Waals surface area contributed by atoms with Crippen molar-refractivity contribution in [2.75, 3.05) is 0 Å². The largest absolute Gasteiger partial charge is 0.460 e. The molecule has 22 heavy (non-hydrogen) atoms. The first-order valence-electron chi connectivity index (χ1n) is 7.24. The summed E-state index contributed by atoms with van der Waals surface area (Å²) in [5.74, 6) is 0.773. The van der Waals surface area contributed by atoms with Crippen molar-refractivity contribution in [3.05, 3.63) is 70.7 Å². The van der Waals surface area contributed by atoms with Crippen molar-refractivity contribution in [3.63, 3.8) is 0 Å². The van der Waals surface area contributed by atoms with E-state index < -0.39 is 0 Å². The van der Waals surface area contributed by atoms with E-state index in [0.29, 0.717) is 11.0 Å². The molecular weight excluding hydrogens is 274 g/mol. The summed E-state index contributed by atoms with van der Waals surface area (Å²) < 4.78 is 7.68. The molecule has 0 spiro atoms. The Bertz CT molecular complexity index is 1060. The van der Waals surface area contributed by atoms with Crippen LogP contribution in [0.1, 0.15) is 5.76 Å². The Morgan fingerprint density at radius 2 is 1.64 bits per heavy atom. The number of fused-ring (bicyclic) bond motifs is 3. The molecule has 0 atom stereocenters. The van der Waals surface area contributed by atoms with Gasteiger partial charge in [-0.3, -0.25) is 4.79 Å². The highest BCUT2D eigenvalue weighted by atomic mass is 16.3. The number of benzene rings is 2. The minimum absolute atomic E-state index is 0.0237. The third-order valence-corrected chi connectivity index (χ3v) is 4.18. The molecule has 0 amide bonds. The van der Waals surface area contributed by atoms with Gasteiger partial charge in [0.25, 0.3) is 5.56 Å². The van der Waals surface area contributed by atoms with E-state index in [9.17, 15) is 4.79 Å². The van der Waals surface area contributed by atoms with E-state index in [1.54, 1.807) is 11.6 Å². The van der Waals surface area contributed by atoms with Crippen molar-refractivity contribution in [2.45, 2.75) is 6.92 Å². The molecule has 3 nitrogen and oxygen atoms in total. The van der Waals surface area contributed by atoms with Crippen LogP contribution in [-0.2, 0) is 7.05 Å². The predicted octanol–water partition coefficient (Wildman–Crippen LogP) is 4.26. The molecule has 4 rings (SSSR count). The van der Waals surface area contributed by atoms with Gasteiger partial charge in [0.1, 0.15) is 11.3 Å². The summed E-state index contributed by atoms with van der Waals surface area (Å²) in [6.07, 6.45) is 0. The molecule has 0 aliphatic carbocycles. The van der Waals surface area contributed by atoms with Gasteiger partial charge in [-0.2, -0.15) is 0 Å². The Hall–Kier alpha value is -2.81. The lowest BCUT2D eigenvalue weighted by atomic mass is 10.0. The van der Waals surface area contributed by atoms with Crippen molar-refractivity contribution in [3.8, 4) is 11.1 Å². The predicted molar refractivity (Wildman–Crippen MR) is 89.1 cm³/mol. The molecule has 0 fully saturated rings. The van der Waals surface area contributed by atoms with Crippen LogP contribution < -0.4 is 5.56 Å². The SMILES string of the molecule is Cc1oc2c(c1-c1ccccc1)c(=O)n(C)c1ccccc21.